The molecule has 1 aliphatic heterocycles. The Morgan fingerprint density at radius 1 is 0.778 bits per heavy atom. The summed E-state index contributed by atoms with van der Waals surface area (Å²) < 4.78 is 0.905. The van der Waals surface area contributed by atoms with E-state index < -0.39 is 0 Å². The number of carbonyl (C=O) groups is 2. The highest BCUT2D eigenvalue weighted by atomic mass is 79.9. The summed E-state index contributed by atoms with van der Waals surface area (Å²) in [5, 5.41) is 0. The average Bonchev–Trinajstić information content (AvgIpc) is 2.64. The van der Waals surface area contributed by atoms with Crippen LogP contribution in [0.5, 0.6) is 0 Å². The molecule has 2 aromatic rings. The highest BCUT2D eigenvalue weighted by molar-refractivity contribution is 9.10. The molecule has 0 saturated carbocycles. The Bertz CT molecular complexity index is 614. The molecule has 0 aromatic heterocycles. The van der Waals surface area contributed by atoms with Gasteiger partial charge in [0.05, 0.1) is 16.8 Å². The first kappa shape index (κ1) is 11.2. The normalized spacial score (nSPS) is 13.9. The predicted molar refractivity (Wildman–Crippen MR) is 71.7 cm³/mol. The molecule has 0 radical (unpaired) electrons. The van der Waals surface area contributed by atoms with Gasteiger partial charge in [-0.15, -0.1) is 0 Å². The molecule has 0 unspecified atom stereocenters. The number of nitrogens with zero attached hydrogens (tertiary/aromatic N) is 1. The fourth-order valence-electron chi connectivity index (χ4n) is 2.01. The summed E-state index contributed by atoms with van der Waals surface area (Å²) in [6.07, 6.45) is 0. The Balaban J connectivity index is 2.09. The van der Waals surface area contributed by atoms with Gasteiger partial charge in [-0.2, -0.15) is 0 Å². The first-order valence-electron chi connectivity index (χ1n) is 5.42. The van der Waals surface area contributed by atoms with Gasteiger partial charge < -0.3 is 0 Å². The number of rotatable bonds is 1. The van der Waals surface area contributed by atoms with Crippen LogP contribution in [0.25, 0.3) is 0 Å². The lowest BCUT2D eigenvalue weighted by Gasteiger charge is -2.13. The lowest BCUT2D eigenvalue weighted by atomic mass is 10.1. The lowest BCUT2D eigenvalue weighted by molar-refractivity contribution is 0.0926. The summed E-state index contributed by atoms with van der Waals surface area (Å²) in [6, 6.07) is 14.0. The largest absolute Gasteiger partial charge is 0.268 e. The third-order valence-corrected chi connectivity index (χ3v) is 3.41. The zero-order valence-electron chi connectivity index (χ0n) is 9.26. The third kappa shape index (κ3) is 1.57. The molecular weight excluding hydrogens is 294 g/mol. The van der Waals surface area contributed by atoms with E-state index in [1.807, 2.05) is 0 Å². The van der Waals surface area contributed by atoms with Gasteiger partial charge in [-0.05, 0) is 36.4 Å². The van der Waals surface area contributed by atoms with Crippen LogP contribution >= 0.6 is 15.9 Å². The zero-order chi connectivity index (χ0) is 12.7. The number of hydrogen-bond donors (Lipinski definition) is 0. The first-order valence-corrected chi connectivity index (χ1v) is 6.21. The maximum atomic E-state index is 12.2. The molecule has 0 saturated heterocycles. The standard InChI is InChI=1S/C14H8BrNO2/c15-9-5-7-10(8-6-9)16-13(17)11-3-1-2-4-12(11)14(16)18/h1-8H. The van der Waals surface area contributed by atoms with Gasteiger partial charge >= 0.3 is 0 Å². The van der Waals surface area contributed by atoms with Crippen molar-refractivity contribution in [3.63, 3.8) is 0 Å². The van der Waals surface area contributed by atoms with Crippen molar-refractivity contribution in [1.82, 2.24) is 0 Å². The van der Waals surface area contributed by atoms with Gasteiger partial charge in [-0.3, -0.25) is 9.59 Å². The molecular formula is C14H8BrNO2. The average molecular weight is 302 g/mol. The minimum absolute atomic E-state index is 0.266. The number of carbonyl (C=O) groups excluding carboxylic acids is 2. The Kier molecular flexibility index (Phi) is 2.52. The quantitative estimate of drug-likeness (QED) is 0.758. The van der Waals surface area contributed by atoms with Crippen LogP contribution in [-0.2, 0) is 0 Å². The molecule has 0 aliphatic carbocycles. The van der Waals surface area contributed by atoms with E-state index in [-0.39, 0.29) is 11.8 Å². The van der Waals surface area contributed by atoms with Crippen LogP contribution in [-0.4, -0.2) is 11.8 Å². The summed E-state index contributed by atoms with van der Waals surface area (Å²) in [5.74, 6) is -0.532. The molecule has 3 rings (SSSR count). The maximum absolute atomic E-state index is 12.2. The number of imide groups is 1. The zero-order valence-corrected chi connectivity index (χ0v) is 10.8. The van der Waals surface area contributed by atoms with Crippen LogP contribution in [0.2, 0.25) is 0 Å². The summed E-state index contributed by atoms with van der Waals surface area (Å²) in [6.45, 7) is 0. The maximum Gasteiger partial charge on any atom is 0.266 e. The van der Waals surface area contributed by atoms with E-state index in [4.69, 9.17) is 0 Å². The van der Waals surface area contributed by atoms with E-state index in [0.29, 0.717) is 16.8 Å². The highest BCUT2D eigenvalue weighted by Gasteiger charge is 2.35. The smallest absolute Gasteiger partial charge is 0.266 e. The Hall–Kier alpha value is -1.94. The summed E-state index contributed by atoms with van der Waals surface area (Å²) >= 11 is 3.32. The molecule has 2 amide bonds. The van der Waals surface area contributed by atoms with Crippen LogP contribution < -0.4 is 4.90 Å². The van der Waals surface area contributed by atoms with Crippen molar-refractivity contribution in [3.05, 3.63) is 64.1 Å². The number of benzene rings is 2. The summed E-state index contributed by atoms with van der Waals surface area (Å²) in [4.78, 5) is 25.6. The molecule has 4 heteroatoms. The fraction of sp³-hybridized carbons (Fsp3) is 0. The second kappa shape index (κ2) is 4.07. The van der Waals surface area contributed by atoms with Crippen LogP contribution in [0.1, 0.15) is 20.7 Å². The first-order chi connectivity index (χ1) is 8.68. The molecule has 88 valence electrons. The fourth-order valence-corrected chi connectivity index (χ4v) is 2.28. The van der Waals surface area contributed by atoms with Crippen molar-refractivity contribution in [2.24, 2.45) is 0 Å². The second-order valence-electron chi connectivity index (χ2n) is 3.97. The van der Waals surface area contributed by atoms with Crippen molar-refractivity contribution in [3.8, 4) is 0 Å². The predicted octanol–water partition coefficient (Wildman–Crippen LogP) is 3.25. The highest BCUT2D eigenvalue weighted by Crippen LogP contribution is 2.28. The molecule has 0 spiro atoms. The van der Waals surface area contributed by atoms with E-state index in [9.17, 15) is 9.59 Å². The van der Waals surface area contributed by atoms with Crippen LogP contribution in [0.3, 0.4) is 0 Å². The monoisotopic (exact) mass is 301 g/mol. The van der Waals surface area contributed by atoms with Crippen molar-refractivity contribution in [2.45, 2.75) is 0 Å². The Morgan fingerprint density at radius 2 is 1.28 bits per heavy atom. The molecule has 1 heterocycles. The summed E-state index contributed by atoms with van der Waals surface area (Å²) in [7, 11) is 0. The molecule has 0 fully saturated rings. The molecule has 2 aromatic carbocycles. The molecule has 0 bridgehead atoms. The number of hydrogen-bond acceptors (Lipinski definition) is 2. The van der Waals surface area contributed by atoms with Gasteiger partial charge in [0.1, 0.15) is 0 Å². The minimum Gasteiger partial charge on any atom is -0.268 e. The van der Waals surface area contributed by atoms with E-state index in [2.05, 4.69) is 15.9 Å². The van der Waals surface area contributed by atoms with Crippen molar-refractivity contribution in [1.29, 1.82) is 0 Å². The SMILES string of the molecule is O=C1c2ccccc2C(=O)N1c1ccc(Br)cc1. The number of amides is 2. The Morgan fingerprint density at radius 3 is 1.78 bits per heavy atom. The van der Waals surface area contributed by atoms with Crippen molar-refractivity contribution < 1.29 is 9.59 Å². The lowest BCUT2D eigenvalue weighted by Crippen LogP contribution is -2.29. The van der Waals surface area contributed by atoms with Gasteiger partial charge in [0.2, 0.25) is 0 Å². The van der Waals surface area contributed by atoms with Gasteiger partial charge in [0, 0.05) is 4.47 Å². The summed E-state index contributed by atoms with van der Waals surface area (Å²) in [5.41, 5.74) is 1.51. The molecule has 0 N–H and O–H groups in total. The van der Waals surface area contributed by atoms with Gasteiger partial charge in [-0.1, -0.05) is 28.1 Å². The van der Waals surface area contributed by atoms with Crippen LogP contribution in [0.15, 0.2) is 53.0 Å². The van der Waals surface area contributed by atoms with Gasteiger partial charge in [0.25, 0.3) is 11.8 Å². The van der Waals surface area contributed by atoms with E-state index in [0.717, 1.165) is 4.47 Å². The van der Waals surface area contributed by atoms with Crippen LogP contribution in [0.4, 0.5) is 5.69 Å². The van der Waals surface area contributed by atoms with Crippen molar-refractivity contribution >= 4 is 33.4 Å². The topological polar surface area (TPSA) is 37.4 Å². The number of halogens is 1. The van der Waals surface area contributed by atoms with E-state index >= 15 is 0 Å². The molecule has 0 atom stereocenters. The third-order valence-electron chi connectivity index (χ3n) is 2.88. The van der Waals surface area contributed by atoms with Crippen molar-refractivity contribution in [2.75, 3.05) is 4.90 Å². The van der Waals surface area contributed by atoms with E-state index in [1.165, 1.54) is 4.90 Å². The van der Waals surface area contributed by atoms with Crippen LogP contribution in [0, 0.1) is 0 Å². The number of anilines is 1. The van der Waals surface area contributed by atoms with Gasteiger partial charge in [0.15, 0.2) is 0 Å². The molecule has 3 nitrogen and oxygen atoms in total. The van der Waals surface area contributed by atoms with E-state index in [1.54, 1.807) is 48.5 Å². The number of fused-ring (bicyclic) bond motifs is 1. The Labute approximate surface area is 112 Å². The molecule has 1 aliphatic rings. The minimum atomic E-state index is -0.266. The second-order valence-corrected chi connectivity index (χ2v) is 4.88. The van der Waals surface area contributed by atoms with Gasteiger partial charge in [-0.25, -0.2) is 4.90 Å². The molecule has 18 heavy (non-hydrogen) atoms.